The summed E-state index contributed by atoms with van der Waals surface area (Å²) in [7, 11) is -3.23. The molecule has 1 aromatic rings. The van der Waals surface area contributed by atoms with Crippen LogP contribution in [0.4, 0.5) is 0 Å². The zero-order valence-electron chi connectivity index (χ0n) is 12.6. The van der Waals surface area contributed by atoms with E-state index in [0.717, 1.165) is 31.2 Å². The Balaban J connectivity index is 1.85. The van der Waals surface area contributed by atoms with Crippen LogP contribution in [0.2, 0.25) is 0 Å². The van der Waals surface area contributed by atoms with Gasteiger partial charge in [-0.05, 0) is 36.8 Å². The molecule has 4 nitrogen and oxygen atoms in total. The van der Waals surface area contributed by atoms with Crippen molar-refractivity contribution in [2.45, 2.75) is 38.5 Å². The molecule has 1 saturated carbocycles. The predicted molar refractivity (Wildman–Crippen MR) is 86.5 cm³/mol. The van der Waals surface area contributed by atoms with Crippen molar-refractivity contribution in [2.24, 2.45) is 11.1 Å². The highest BCUT2D eigenvalue weighted by Gasteiger charge is 2.31. The average molecular weight is 310 g/mol. The van der Waals surface area contributed by atoms with Gasteiger partial charge in [-0.3, -0.25) is 0 Å². The lowest BCUT2D eigenvalue weighted by atomic mass is 9.74. The van der Waals surface area contributed by atoms with Gasteiger partial charge in [-0.15, -0.1) is 0 Å². The number of rotatable bonds is 7. The molecule has 1 aromatic carbocycles. The second-order valence-electron chi connectivity index (χ2n) is 6.14. The van der Waals surface area contributed by atoms with E-state index in [1.165, 1.54) is 6.42 Å². The summed E-state index contributed by atoms with van der Waals surface area (Å²) in [4.78, 5) is 0. The van der Waals surface area contributed by atoms with E-state index in [2.05, 4.69) is 4.72 Å². The molecular formula is C16H26N2O2S. The number of nitrogens with one attached hydrogen (secondary N) is 1. The van der Waals surface area contributed by atoms with Crippen LogP contribution in [0.25, 0.3) is 0 Å². The van der Waals surface area contributed by atoms with Gasteiger partial charge in [0.25, 0.3) is 0 Å². The number of nitrogens with two attached hydrogens (primary N) is 1. The second kappa shape index (κ2) is 7.38. The first-order valence-electron chi connectivity index (χ1n) is 7.77. The molecule has 0 aliphatic heterocycles. The molecule has 21 heavy (non-hydrogen) atoms. The third-order valence-electron chi connectivity index (χ3n) is 4.52. The van der Waals surface area contributed by atoms with E-state index in [4.69, 9.17) is 5.73 Å². The minimum atomic E-state index is -3.23. The molecule has 0 amide bonds. The fraction of sp³-hybridized carbons (Fsp3) is 0.625. The minimum Gasteiger partial charge on any atom is -0.330 e. The molecule has 2 rings (SSSR count). The molecule has 0 spiro atoms. The second-order valence-corrected chi connectivity index (χ2v) is 8.07. The Morgan fingerprint density at radius 1 is 1.10 bits per heavy atom. The highest BCUT2D eigenvalue weighted by Crippen LogP contribution is 2.34. The smallest absolute Gasteiger partial charge is 0.211 e. The van der Waals surface area contributed by atoms with E-state index in [1.807, 2.05) is 30.3 Å². The molecule has 0 saturated heterocycles. The standard InChI is InChI=1S/C16H26N2O2S/c17-13-16(10-5-2-6-11-16)14-18-21(19,20)12-9-15-7-3-1-4-8-15/h1,3-4,7-8,18H,2,5-6,9-14,17H2. The van der Waals surface area contributed by atoms with Crippen LogP contribution in [0.5, 0.6) is 0 Å². The van der Waals surface area contributed by atoms with Crippen LogP contribution in [0.1, 0.15) is 37.7 Å². The lowest BCUT2D eigenvalue weighted by Gasteiger charge is -2.36. The van der Waals surface area contributed by atoms with Crippen molar-refractivity contribution in [3.63, 3.8) is 0 Å². The molecule has 1 aliphatic carbocycles. The van der Waals surface area contributed by atoms with Crippen molar-refractivity contribution in [3.8, 4) is 0 Å². The van der Waals surface area contributed by atoms with Crippen molar-refractivity contribution in [2.75, 3.05) is 18.8 Å². The van der Waals surface area contributed by atoms with Crippen molar-refractivity contribution < 1.29 is 8.42 Å². The fourth-order valence-electron chi connectivity index (χ4n) is 2.99. The third-order valence-corrected chi connectivity index (χ3v) is 5.84. The molecule has 118 valence electrons. The van der Waals surface area contributed by atoms with Crippen LogP contribution in [0, 0.1) is 5.41 Å². The zero-order valence-corrected chi connectivity index (χ0v) is 13.4. The minimum absolute atomic E-state index is 0.0297. The van der Waals surface area contributed by atoms with Gasteiger partial charge in [-0.2, -0.15) is 0 Å². The van der Waals surface area contributed by atoms with Gasteiger partial charge in [-0.1, -0.05) is 49.6 Å². The molecule has 0 bridgehead atoms. The average Bonchev–Trinajstić information content (AvgIpc) is 2.53. The Labute approximate surface area is 128 Å². The van der Waals surface area contributed by atoms with E-state index >= 15 is 0 Å². The molecule has 1 aliphatic rings. The summed E-state index contributed by atoms with van der Waals surface area (Å²) < 4.78 is 27.1. The van der Waals surface area contributed by atoms with Crippen molar-refractivity contribution in [1.29, 1.82) is 0 Å². The van der Waals surface area contributed by atoms with E-state index in [9.17, 15) is 8.42 Å². The molecule has 5 heteroatoms. The Morgan fingerprint density at radius 2 is 1.76 bits per heavy atom. The lowest BCUT2D eigenvalue weighted by Crippen LogP contribution is -2.44. The number of hydrogen-bond acceptors (Lipinski definition) is 3. The number of aryl methyl sites for hydroxylation is 1. The number of benzene rings is 1. The Bertz CT molecular complexity index is 522. The molecule has 0 unspecified atom stereocenters. The van der Waals surface area contributed by atoms with Crippen molar-refractivity contribution in [3.05, 3.63) is 35.9 Å². The van der Waals surface area contributed by atoms with Crippen molar-refractivity contribution >= 4 is 10.0 Å². The summed E-state index contributed by atoms with van der Waals surface area (Å²) in [6, 6.07) is 9.71. The van der Waals surface area contributed by atoms with E-state index < -0.39 is 10.0 Å². The van der Waals surface area contributed by atoms with Crippen LogP contribution in [-0.2, 0) is 16.4 Å². The Kier molecular flexibility index (Phi) is 5.79. The van der Waals surface area contributed by atoms with E-state index in [-0.39, 0.29) is 11.2 Å². The van der Waals surface area contributed by atoms with E-state index in [0.29, 0.717) is 19.5 Å². The first-order valence-corrected chi connectivity index (χ1v) is 9.42. The number of hydrogen-bond donors (Lipinski definition) is 2. The van der Waals surface area contributed by atoms with Gasteiger partial charge < -0.3 is 5.73 Å². The first kappa shape index (κ1) is 16.5. The highest BCUT2D eigenvalue weighted by atomic mass is 32.2. The van der Waals surface area contributed by atoms with Gasteiger partial charge in [0.15, 0.2) is 0 Å². The highest BCUT2D eigenvalue weighted by molar-refractivity contribution is 7.89. The summed E-state index contributed by atoms with van der Waals surface area (Å²) in [5.41, 5.74) is 6.92. The number of sulfonamides is 1. The Hall–Kier alpha value is -0.910. The van der Waals surface area contributed by atoms with Gasteiger partial charge in [-0.25, -0.2) is 13.1 Å². The van der Waals surface area contributed by atoms with Crippen LogP contribution in [-0.4, -0.2) is 27.3 Å². The van der Waals surface area contributed by atoms with Gasteiger partial charge in [0.05, 0.1) is 5.75 Å². The molecule has 0 radical (unpaired) electrons. The van der Waals surface area contributed by atoms with E-state index in [1.54, 1.807) is 0 Å². The van der Waals surface area contributed by atoms with Gasteiger partial charge in [0.2, 0.25) is 10.0 Å². The molecule has 3 N–H and O–H groups in total. The fourth-order valence-corrected chi connectivity index (χ4v) is 4.16. The van der Waals surface area contributed by atoms with Crippen LogP contribution in [0.3, 0.4) is 0 Å². The maximum Gasteiger partial charge on any atom is 0.211 e. The van der Waals surface area contributed by atoms with Gasteiger partial charge in [0, 0.05) is 6.54 Å². The molecular weight excluding hydrogens is 284 g/mol. The van der Waals surface area contributed by atoms with Crippen molar-refractivity contribution in [1.82, 2.24) is 4.72 Å². The largest absolute Gasteiger partial charge is 0.330 e. The van der Waals surface area contributed by atoms with Crippen LogP contribution < -0.4 is 10.5 Å². The summed E-state index contributed by atoms with van der Waals surface area (Å²) >= 11 is 0. The van der Waals surface area contributed by atoms with Crippen LogP contribution in [0.15, 0.2) is 30.3 Å². The summed E-state index contributed by atoms with van der Waals surface area (Å²) in [5, 5.41) is 0. The normalized spacial score (nSPS) is 18.5. The maximum absolute atomic E-state index is 12.2. The van der Waals surface area contributed by atoms with Gasteiger partial charge >= 0.3 is 0 Å². The summed E-state index contributed by atoms with van der Waals surface area (Å²) in [5.74, 6) is 0.137. The summed E-state index contributed by atoms with van der Waals surface area (Å²) in [6.45, 7) is 1.05. The van der Waals surface area contributed by atoms with Crippen LogP contribution >= 0.6 is 0 Å². The van der Waals surface area contributed by atoms with Gasteiger partial charge in [0.1, 0.15) is 0 Å². The quantitative estimate of drug-likeness (QED) is 0.809. The maximum atomic E-state index is 12.2. The third kappa shape index (κ3) is 5.09. The Morgan fingerprint density at radius 3 is 2.38 bits per heavy atom. The topological polar surface area (TPSA) is 72.2 Å². The molecule has 1 fully saturated rings. The zero-order chi connectivity index (χ0) is 15.2. The molecule has 0 heterocycles. The molecule has 0 atom stereocenters. The lowest BCUT2D eigenvalue weighted by molar-refractivity contribution is 0.202. The predicted octanol–water partition coefficient (Wildman–Crippen LogP) is 2.06. The summed E-state index contributed by atoms with van der Waals surface area (Å²) in [6.07, 6.45) is 6.16. The first-order chi connectivity index (χ1) is 10.1. The molecule has 0 aromatic heterocycles. The SMILES string of the molecule is NCC1(CNS(=O)(=O)CCc2ccccc2)CCCCC1. The monoisotopic (exact) mass is 310 g/mol.